The molecule has 0 aliphatic heterocycles. The zero-order valence-electron chi connectivity index (χ0n) is 9.11. The number of aromatic nitrogens is 2. The van der Waals surface area contributed by atoms with Gasteiger partial charge in [0.15, 0.2) is 0 Å². The molecule has 0 aromatic carbocycles. The third-order valence-corrected chi connectivity index (χ3v) is 2.15. The summed E-state index contributed by atoms with van der Waals surface area (Å²) in [5.41, 5.74) is 6.81. The molecule has 0 amide bonds. The summed E-state index contributed by atoms with van der Waals surface area (Å²) in [7, 11) is 1.94. The third-order valence-electron chi connectivity index (χ3n) is 2.15. The lowest BCUT2D eigenvalue weighted by Gasteiger charge is -2.19. The lowest BCUT2D eigenvalue weighted by atomic mass is 10.3. The van der Waals surface area contributed by atoms with Crippen LogP contribution in [0.15, 0.2) is 12.4 Å². The van der Waals surface area contributed by atoms with Gasteiger partial charge in [0, 0.05) is 38.4 Å². The van der Waals surface area contributed by atoms with Crippen LogP contribution in [0.25, 0.3) is 0 Å². The molecule has 80 valence electrons. The van der Waals surface area contributed by atoms with Gasteiger partial charge in [-0.2, -0.15) is 5.10 Å². The molecule has 1 aromatic rings. The smallest absolute Gasteiger partial charge is 0.0534 e. The van der Waals surface area contributed by atoms with E-state index >= 15 is 0 Å². The Balaban J connectivity index is 2.46. The van der Waals surface area contributed by atoms with E-state index in [0.717, 1.165) is 26.2 Å². The van der Waals surface area contributed by atoms with Crippen LogP contribution < -0.4 is 5.73 Å². The predicted molar refractivity (Wildman–Crippen MR) is 57.8 cm³/mol. The van der Waals surface area contributed by atoms with Gasteiger partial charge in [0.05, 0.1) is 6.20 Å². The van der Waals surface area contributed by atoms with Crippen molar-refractivity contribution in [3.8, 4) is 0 Å². The molecular weight excluding hydrogens is 176 g/mol. The van der Waals surface area contributed by atoms with E-state index in [2.05, 4.69) is 23.1 Å². The van der Waals surface area contributed by atoms with Gasteiger partial charge in [-0.05, 0) is 13.0 Å². The molecule has 4 heteroatoms. The highest BCUT2D eigenvalue weighted by atomic mass is 15.2. The van der Waals surface area contributed by atoms with Crippen LogP contribution in [0.4, 0.5) is 0 Å². The second kappa shape index (κ2) is 5.78. The van der Waals surface area contributed by atoms with E-state index in [9.17, 15) is 0 Å². The van der Waals surface area contributed by atoms with Gasteiger partial charge in [0.1, 0.15) is 0 Å². The van der Waals surface area contributed by atoms with E-state index in [1.165, 1.54) is 12.0 Å². The van der Waals surface area contributed by atoms with Crippen molar-refractivity contribution < 1.29 is 0 Å². The van der Waals surface area contributed by atoms with Crippen molar-refractivity contribution in [1.29, 1.82) is 0 Å². The number of hydrogen-bond donors (Lipinski definition) is 1. The van der Waals surface area contributed by atoms with Crippen LogP contribution in [0.2, 0.25) is 0 Å². The first kappa shape index (κ1) is 11.2. The number of rotatable bonds is 6. The minimum atomic E-state index is 0.722. The van der Waals surface area contributed by atoms with Crippen molar-refractivity contribution >= 4 is 0 Å². The molecule has 0 saturated heterocycles. The molecule has 0 radical (unpaired) electrons. The van der Waals surface area contributed by atoms with Crippen LogP contribution in [0, 0.1) is 0 Å². The minimum Gasteiger partial charge on any atom is -0.329 e. The third kappa shape index (κ3) is 3.47. The van der Waals surface area contributed by atoms with Crippen LogP contribution in [-0.2, 0) is 13.6 Å². The number of hydrogen-bond acceptors (Lipinski definition) is 3. The SMILES string of the molecule is CCCN(CCN)Cc1cnn(C)c1. The van der Waals surface area contributed by atoms with E-state index in [1.54, 1.807) is 0 Å². The van der Waals surface area contributed by atoms with Crippen molar-refractivity contribution in [3.63, 3.8) is 0 Å². The predicted octanol–water partition coefficient (Wildman–Crippen LogP) is 0.591. The van der Waals surface area contributed by atoms with Gasteiger partial charge in [0.2, 0.25) is 0 Å². The molecule has 1 heterocycles. The average Bonchev–Trinajstić information content (AvgIpc) is 2.52. The van der Waals surface area contributed by atoms with Gasteiger partial charge < -0.3 is 5.73 Å². The van der Waals surface area contributed by atoms with E-state index in [-0.39, 0.29) is 0 Å². The Morgan fingerprint density at radius 1 is 1.50 bits per heavy atom. The Morgan fingerprint density at radius 2 is 2.29 bits per heavy atom. The Kier molecular flexibility index (Phi) is 4.62. The highest BCUT2D eigenvalue weighted by Crippen LogP contribution is 2.03. The van der Waals surface area contributed by atoms with Crippen molar-refractivity contribution in [2.45, 2.75) is 19.9 Å². The summed E-state index contributed by atoms with van der Waals surface area (Å²) >= 11 is 0. The first-order valence-electron chi connectivity index (χ1n) is 5.16. The summed E-state index contributed by atoms with van der Waals surface area (Å²) in [6.45, 7) is 5.93. The molecule has 0 bridgehead atoms. The second-order valence-electron chi connectivity index (χ2n) is 3.59. The lowest BCUT2D eigenvalue weighted by Crippen LogP contribution is -2.29. The molecule has 1 aromatic heterocycles. The van der Waals surface area contributed by atoms with Gasteiger partial charge in [-0.15, -0.1) is 0 Å². The highest BCUT2D eigenvalue weighted by molar-refractivity contribution is 5.03. The number of nitrogens with zero attached hydrogens (tertiary/aromatic N) is 3. The van der Waals surface area contributed by atoms with Gasteiger partial charge in [0.25, 0.3) is 0 Å². The molecule has 0 unspecified atom stereocenters. The summed E-state index contributed by atoms with van der Waals surface area (Å²) in [6, 6.07) is 0. The molecule has 0 fully saturated rings. The Morgan fingerprint density at radius 3 is 2.79 bits per heavy atom. The van der Waals surface area contributed by atoms with Gasteiger partial charge in [-0.3, -0.25) is 9.58 Å². The largest absolute Gasteiger partial charge is 0.329 e. The van der Waals surface area contributed by atoms with Crippen LogP contribution in [-0.4, -0.2) is 34.3 Å². The Labute approximate surface area is 85.7 Å². The number of aryl methyl sites for hydroxylation is 1. The molecule has 0 aliphatic carbocycles. The van der Waals surface area contributed by atoms with Crippen LogP contribution in [0.3, 0.4) is 0 Å². The summed E-state index contributed by atoms with van der Waals surface area (Å²) in [5.74, 6) is 0. The fourth-order valence-electron chi connectivity index (χ4n) is 1.58. The standard InChI is InChI=1S/C10H20N4/c1-3-5-14(6-4-11)9-10-7-12-13(2)8-10/h7-8H,3-6,9,11H2,1-2H3. The van der Waals surface area contributed by atoms with Crippen molar-refractivity contribution in [2.75, 3.05) is 19.6 Å². The van der Waals surface area contributed by atoms with E-state index in [4.69, 9.17) is 5.73 Å². The van der Waals surface area contributed by atoms with Crippen LogP contribution in [0.1, 0.15) is 18.9 Å². The van der Waals surface area contributed by atoms with E-state index in [1.807, 2.05) is 17.9 Å². The average molecular weight is 196 g/mol. The zero-order valence-corrected chi connectivity index (χ0v) is 9.11. The van der Waals surface area contributed by atoms with Crippen molar-refractivity contribution in [1.82, 2.24) is 14.7 Å². The van der Waals surface area contributed by atoms with Crippen molar-refractivity contribution in [2.24, 2.45) is 12.8 Å². The Bertz CT molecular complexity index is 250. The van der Waals surface area contributed by atoms with Gasteiger partial charge in [-0.25, -0.2) is 0 Å². The molecule has 1 rings (SSSR count). The maximum absolute atomic E-state index is 5.56. The quantitative estimate of drug-likeness (QED) is 0.724. The van der Waals surface area contributed by atoms with Gasteiger partial charge in [-0.1, -0.05) is 6.92 Å². The summed E-state index contributed by atoms with van der Waals surface area (Å²) < 4.78 is 1.84. The summed E-state index contributed by atoms with van der Waals surface area (Å²) in [6.07, 6.45) is 5.14. The molecular formula is C10H20N4. The first-order chi connectivity index (χ1) is 6.76. The van der Waals surface area contributed by atoms with Crippen molar-refractivity contribution in [3.05, 3.63) is 18.0 Å². The highest BCUT2D eigenvalue weighted by Gasteiger charge is 2.04. The lowest BCUT2D eigenvalue weighted by molar-refractivity contribution is 0.273. The van der Waals surface area contributed by atoms with Gasteiger partial charge >= 0.3 is 0 Å². The Hall–Kier alpha value is -0.870. The van der Waals surface area contributed by atoms with Crippen LogP contribution in [0.5, 0.6) is 0 Å². The first-order valence-corrected chi connectivity index (χ1v) is 5.16. The molecule has 0 spiro atoms. The topological polar surface area (TPSA) is 47.1 Å². The summed E-state index contributed by atoms with van der Waals surface area (Å²) in [4.78, 5) is 2.36. The molecule has 0 saturated carbocycles. The second-order valence-corrected chi connectivity index (χ2v) is 3.59. The minimum absolute atomic E-state index is 0.722. The maximum atomic E-state index is 5.56. The monoisotopic (exact) mass is 196 g/mol. The number of nitrogens with two attached hydrogens (primary N) is 1. The molecule has 14 heavy (non-hydrogen) atoms. The molecule has 2 N–H and O–H groups in total. The molecule has 0 aliphatic rings. The molecule has 0 atom stereocenters. The van der Waals surface area contributed by atoms with E-state index < -0.39 is 0 Å². The maximum Gasteiger partial charge on any atom is 0.0534 e. The summed E-state index contributed by atoms with van der Waals surface area (Å²) in [5, 5.41) is 4.15. The molecule has 4 nitrogen and oxygen atoms in total. The fraction of sp³-hybridized carbons (Fsp3) is 0.700. The zero-order chi connectivity index (χ0) is 10.4. The normalized spacial score (nSPS) is 11.1. The fourth-order valence-corrected chi connectivity index (χ4v) is 1.58. The van der Waals surface area contributed by atoms with E-state index in [0.29, 0.717) is 0 Å². The van der Waals surface area contributed by atoms with Crippen LogP contribution >= 0.6 is 0 Å².